The average molecular weight is 562 g/mol. The minimum atomic E-state index is -3.72. The van der Waals surface area contributed by atoms with Gasteiger partial charge in [0.1, 0.15) is 0 Å². The molecule has 0 bridgehead atoms. The second kappa shape index (κ2) is 13.5. The molecule has 1 saturated heterocycles. The van der Waals surface area contributed by atoms with Gasteiger partial charge in [0.2, 0.25) is 10.0 Å². The van der Waals surface area contributed by atoms with Crippen molar-refractivity contribution in [2.45, 2.75) is 4.90 Å². The van der Waals surface area contributed by atoms with Crippen molar-refractivity contribution in [3.8, 4) is 0 Å². The van der Waals surface area contributed by atoms with Crippen molar-refractivity contribution in [1.29, 1.82) is 0 Å². The van der Waals surface area contributed by atoms with Gasteiger partial charge in [-0.1, -0.05) is 23.5 Å². The van der Waals surface area contributed by atoms with Crippen molar-refractivity contribution >= 4 is 42.6 Å². The number of carbonyl (C=O) groups is 1. The van der Waals surface area contributed by atoms with Gasteiger partial charge in [0.25, 0.3) is 5.91 Å². The minimum absolute atomic E-state index is 0.132. The summed E-state index contributed by atoms with van der Waals surface area (Å²) in [7, 11) is -0.672. The van der Waals surface area contributed by atoms with Gasteiger partial charge in [0, 0.05) is 72.1 Å². The fraction of sp³-hybridized carbons (Fsp3) is 0.462. The highest BCUT2D eigenvalue weighted by atomic mass is 32.2. The van der Waals surface area contributed by atoms with Crippen LogP contribution >= 0.6 is 11.3 Å². The molecule has 0 radical (unpaired) electrons. The number of sulfonamides is 1. The Balaban J connectivity index is 1.24. The van der Waals surface area contributed by atoms with Crippen LogP contribution in [0.15, 0.2) is 53.4 Å². The van der Waals surface area contributed by atoms with Crippen LogP contribution in [0.5, 0.6) is 0 Å². The number of rotatable bonds is 13. The largest absolute Gasteiger partial charge is 0.383 e. The molecular weight excluding hydrogens is 526 g/mol. The summed E-state index contributed by atoms with van der Waals surface area (Å²) in [6.07, 6.45) is 0. The average Bonchev–Trinajstić information content (AvgIpc) is 3.38. The van der Waals surface area contributed by atoms with Crippen LogP contribution in [0.2, 0.25) is 0 Å². The van der Waals surface area contributed by atoms with E-state index in [1.54, 1.807) is 23.5 Å². The molecule has 2 heterocycles. The minimum Gasteiger partial charge on any atom is -0.383 e. The Morgan fingerprint density at radius 2 is 1.66 bits per heavy atom. The summed E-state index contributed by atoms with van der Waals surface area (Å²) in [5.41, 5.74) is 1.46. The number of aromatic nitrogens is 1. The van der Waals surface area contributed by atoms with Gasteiger partial charge in [0.15, 0.2) is 5.13 Å². The van der Waals surface area contributed by atoms with E-state index in [2.05, 4.69) is 21.2 Å². The number of methoxy groups -OCH3 is 2. The van der Waals surface area contributed by atoms with Crippen LogP contribution in [-0.4, -0.2) is 108 Å². The van der Waals surface area contributed by atoms with Gasteiger partial charge in [-0.05, 0) is 36.4 Å². The zero-order chi connectivity index (χ0) is 27.0. The van der Waals surface area contributed by atoms with Gasteiger partial charge in [-0.15, -0.1) is 0 Å². The lowest BCUT2D eigenvalue weighted by Gasteiger charge is -2.34. The lowest BCUT2D eigenvalue weighted by atomic mass is 10.2. The fourth-order valence-electron chi connectivity index (χ4n) is 4.25. The first-order valence-electron chi connectivity index (χ1n) is 12.6. The van der Waals surface area contributed by atoms with E-state index in [4.69, 9.17) is 14.5 Å². The molecule has 1 aliphatic heterocycles. The van der Waals surface area contributed by atoms with Crippen molar-refractivity contribution in [1.82, 2.24) is 19.5 Å². The van der Waals surface area contributed by atoms with Gasteiger partial charge in [-0.3, -0.25) is 9.69 Å². The fourth-order valence-corrected chi connectivity index (χ4v) is 6.68. The van der Waals surface area contributed by atoms with Gasteiger partial charge in [0.05, 0.1) is 28.3 Å². The summed E-state index contributed by atoms with van der Waals surface area (Å²) >= 11 is 1.72. The van der Waals surface area contributed by atoms with E-state index in [1.807, 2.05) is 18.2 Å². The molecule has 1 N–H and O–H groups in total. The molecule has 38 heavy (non-hydrogen) atoms. The molecule has 12 heteroatoms. The molecule has 0 aliphatic carbocycles. The SMILES string of the molecule is COCCN(CCOC)S(=O)(=O)c1ccc(C(=O)NCCN2CCN(c3nc4ccccc4s3)CC2)cc1. The van der Waals surface area contributed by atoms with Crippen molar-refractivity contribution < 1.29 is 22.7 Å². The smallest absolute Gasteiger partial charge is 0.251 e. The second-order valence-corrected chi connectivity index (χ2v) is 11.9. The number of benzene rings is 2. The Labute approximate surface area is 228 Å². The number of nitrogens with one attached hydrogen (secondary N) is 1. The monoisotopic (exact) mass is 561 g/mol. The van der Waals surface area contributed by atoms with Gasteiger partial charge in [-0.2, -0.15) is 4.31 Å². The van der Waals surface area contributed by atoms with Crippen LogP contribution < -0.4 is 10.2 Å². The molecule has 4 rings (SSSR count). The maximum atomic E-state index is 13.0. The molecule has 0 unspecified atom stereocenters. The molecule has 2 aromatic carbocycles. The topological polar surface area (TPSA) is 104 Å². The predicted octanol–water partition coefficient (Wildman–Crippen LogP) is 2.13. The highest BCUT2D eigenvalue weighted by Crippen LogP contribution is 2.29. The number of thiazole rings is 1. The van der Waals surface area contributed by atoms with E-state index in [1.165, 1.54) is 35.4 Å². The summed E-state index contributed by atoms with van der Waals surface area (Å²) in [5, 5.41) is 4.01. The molecule has 1 aromatic heterocycles. The number of para-hydroxylation sites is 1. The molecule has 1 fully saturated rings. The lowest BCUT2D eigenvalue weighted by molar-refractivity contribution is 0.0947. The third-order valence-electron chi connectivity index (χ3n) is 6.48. The number of ether oxygens (including phenoxy) is 2. The van der Waals surface area contributed by atoms with E-state index in [-0.39, 0.29) is 37.1 Å². The van der Waals surface area contributed by atoms with Crippen LogP contribution in [0, 0.1) is 0 Å². The predicted molar refractivity (Wildman–Crippen MR) is 150 cm³/mol. The van der Waals surface area contributed by atoms with Gasteiger partial charge < -0.3 is 19.7 Å². The first-order valence-corrected chi connectivity index (χ1v) is 14.9. The normalized spacial score (nSPS) is 14.9. The Bertz CT molecular complexity index is 1250. The second-order valence-electron chi connectivity index (χ2n) is 8.96. The van der Waals surface area contributed by atoms with Crippen molar-refractivity contribution in [3.05, 3.63) is 54.1 Å². The Morgan fingerprint density at radius 3 is 2.29 bits per heavy atom. The number of carbonyl (C=O) groups excluding carboxylic acids is 1. The quantitative estimate of drug-likeness (QED) is 0.339. The molecule has 1 amide bonds. The maximum absolute atomic E-state index is 13.0. The van der Waals surface area contributed by atoms with Crippen molar-refractivity contribution in [2.24, 2.45) is 0 Å². The number of anilines is 1. The molecule has 3 aromatic rings. The van der Waals surface area contributed by atoms with Crippen LogP contribution in [0.1, 0.15) is 10.4 Å². The summed E-state index contributed by atoms with van der Waals surface area (Å²) < 4.78 is 38.7. The molecule has 0 atom stereocenters. The molecule has 0 saturated carbocycles. The van der Waals surface area contributed by atoms with E-state index in [9.17, 15) is 13.2 Å². The van der Waals surface area contributed by atoms with E-state index >= 15 is 0 Å². The Kier molecular flexibility index (Phi) is 10.1. The van der Waals surface area contributed by atoms with Crippen LogP contribution in [0.3, 0.4) is 0 Å². The third kappa shape index (κ3) is 7.07. The van der Waals surface area contributed by atoms with E-state index in [0.29, 0.717) is 12.1 Å². The van der Waals surface area contributed by atoms with Gasteiger partial charge in [-0.25, -0.2) is 13.4 Å². The molecule has 1 aliphatic rings. The first-order chi connectivity index (χ1) is 18.4. The number of fused-ring (bicyclic) bond motifs is 1. The zero-order valence-corrected chi connectivity index (χ0v) is 23.5. The number of hydrogen-bond donors (Lipinski definition) is 1. The molecule has 206 valence electrons. The number of hydrogen-bond acceptors (Lipinski definition) is 9. The highest BCUT2D eigenvalue weighted by molar-refractivity contribution is 7.89. The van der Waals surface area contributed by atoms with Crippen LogP contribution in [-0.2, 0) is 19.5 Å². The van der Waals surface area contributed by atoms with E-state index < -0.39 is 10.0 Å². The summed E-state index contributed by atoms with van der Waals surface area (Å²) in [6, 6.07) is 14.2. The maximum Gasteiger partial charge on any atom is 0.251 e. The Hall–Kier alpha value is -2.61. The van der Waals surface area contributed by atoms with Crippen molar-refractivity contribution in [2.75, 3.05) is 84.7 Å². The first kappa shape index (κ1) is 28.4. The standard InChI is InChI=1S/C26H35N5O5S2/c1-35-19-17-31(18-20-36-2)38(33,34)22-9-7-21(8-10-22)25(32)27-11-12-29-13-15-30(16-14-29)26-28-23-5-3-4-6-24(23)37-26/h3-10H,11-20H2,1-2H3,(H,27,32). The highest BCUT2D eigenvalue weighted by Gasteiger charge is 2.24. The third-order valence-corrected chi connectivity index (χ3v) is 9.49. The number of nitrogens with zero attached hydrogens (tertiary/aromatic N) is 4. The molecular formula is C26H35N5O5S2. The Morgan fingerprint density at radius 1 is 1.00 bits per heavy atom. The van der Waals surface area contributed by atoms with Gasteiger partial charge >= 0.3 is 0 Å². The van der Waals surface area contributed by atoms with Crippen LogP contribution in [0.4, 0.5) is 5.13 Å². The molecule has 10 nitrogen and oxygen atoms in total. The number of amides is 1. The summed E-state index contributed by atoms with van der Waals surface area (Å²) in [6.45, 7) is 5.87. The van der Waals surface area contributed by atoms with Crippen LogP contribution in [0.25, 0.3) is 10.2 Å². The lowest BCUT2D eigenvalue weighted by Crippen LogP contribution is -2.48. The summed E-state index contributed by atoms with van der Waals surface area (Å²) in [5.74, 6) is -0.224. The zero-order valence-electron chi connectivity index (χ0n) is 21.8. The van der Waals surface area contributed by atoms with Crippen molar-refractivity contribution in [3.63, 3.8) is 0 Å². The van der Waals surface area contributed by atoms with E-state index in [0.717, 1.165) is 43.4 Å². The number of piperazine rings is 1. The summed E-state index contributed by atoms with van der Waals surface area (Å²) in [4.78, 5) is 22.2. The molecule has 0 spiro atoms.